The van der Waals surface area contributed by atoms with Crippen LogP contribution in [0.4, 0.5) is 4.39 Å². The second-order valence-corrected chi connectivity index (χ2v) is 6.15. The van der Waals surface area contributed by atoms with Crippen LogP contribution in [0.2, 0.25) is 0 Å². The normalized spacial score (nSPS) is 16.6. The van der Waals surface area contributed by atoms with Crippen molar-refractivity contribution in [2.45, 2.75) is 19.4 Å². The molecule has 0 bridgehead atoms. The summed E-state index contributed by atoms with van der Waals surface area (Å²) in [6.45, 7) is 2.55. The molecule has 126 valence electrons. The summed E-state index contributed by atoms with van der Waals surface area (Å²) in [5.74, 6) is -0.350. The first kappa shape index (κ1) is 15.5. The van der Waals surface area contributed by atoms with Gasteiger partial charge in [0.2, 0.25) is 0 Å². The molecule has 0 aliphatic carbocycles. The lowest BCUT2D eigenvalue weighted by Gasteiger charge is -2.35. The van der Waals surface area contributed by atoms with Crippen LogP contribution in [-0.2, 0) is 6.42 Å². The number of carbonyl (C=O) groups is 1. The zero-order valence-corrected chi connectivity index (χ0v) is 13.8. The molecule has 1 amide bonds. The predicted molar refractivity (Wildman–Crippen MR) is 90.9 cm³/mol. The molecule has 0 saturated carbocycles. The standard InChI is InChI=1S/C19H17FN4O/c1-13-17-10-15(20)7-6-14(17)8-9-24(13)19(25)16-4-2-3-5-18(16)23-11-21-22-12-23/h2-7,10-13H,8-9H2,1H3. The van der Waals surface area contributed by atoms with Crippen LogP contribution in [0.1, 0.15) is 34.5 Å². The Kier molecular flexibility index (Phi) is 3.80. The molecule has 25 heavy (non-hydrogen) atoms. The molecule has 1 unspecified atom stereocenters. The first-order chi connectivity index (χ1) is 12.1. The molecule has 1 atom stereocenters. The summed E-state index contributed by atoms with van der Waals surface area (Å²) >= 11 is 0. The lowest BCUT2D eigenvalue weighted by atomic mass is 9.92. The smallest absolute Gasteiger partial charge is 0.256 e. The number of hydrogen-bond acceptors (Lipinski definition) is 3. The van der Waals surface area contributed by atoms with Crippen LogP contribution in [0.3, 0.4) is 0 Å². The number of nitrogens with zero attached hydrogens (tertiary/aromatic N) is 4. The van der Waals surface area contributed by atoms with Gasteiger partial charge in [-0.15, -0.1) is 10.2 Å². The van der Waals surface area contributed by atoms with Crippen LogP contribution in [0.15, 0.2) is 55.1 Å². The van der Waals surface area contributed by atoms with Crippen molar-refractivity contribution in [2.24, 2.45) is 0 Å². The average molecular weight is 336 g/mol. The van der Waals surface area contributed by atoms with Crippen LogP contribution < -0.4 is 0 Å². The fraction of sp³-hybridized carbons (Fsp3) is 0.211. The van der Waals surface area contributed by atoms with E-state index in [1.807, 2.05) is 31.2 Å². The Hall–Kier alpha value is -3.02. The Morgan fingerprint density at radius 2 is 1.92 bits per heavy atom. The van der Waals surface area contributed by atoms with Gasteiger partial charge in [0.15, 0.2) is 0 Å². The van der Waals surface area contributed by atoms with Gasteiger partial charge in [-0.2, -0.15) is 0 Å². The van der Waals surface area contributed by atoms with Crippen LogP contribution in [0.25, 0.3) is 5.69 Å². The average Bonchev–Trinajstić information content (AvgIpc) is 3.16. The van der Waals surface area contributed by atoms with E-state index in [1.165, 1.54) is 12.1 Å². The SMILES string of the molecule is CC1c2cc(F)ccc2CCN1C(=O)c1ccccc1-n1cnnc1. The molecule has 2 aromatic carbocycles. The van der Waals surface area contributed by atoms with Crippen molar-refractivity contribution in [2.75, 3.05) is 6.54 Å². The van der Waals surface area contributed by atoms with Crippen LogP contribution in [0.5, 0.6) is 0 Å². The van der Waals surface area contributed by atoms with Gasteiger partial charge in [-0.25, -0.2) is 4.39 Å². The number of halogens is 1. The molecule has 1 aliphatic heterocycles. The summed E-state index contributed by atoms with van der Waals surface area (Å²) in [4.78, 5) is 15.0. The molecule has 4 rings (SSSR count). The Morgan fingerprint density at radius 3 is 2.72 bits per heavy atom. The summed E-state index contributed by atoms with van der Waals surface area (Å²) in [5.41, 5.74) is 3.29. The van der Waals surface area contributed by atoms with E-state index in [9.17, 15) is 9.18 Å². The van der Waals surface area contributed by atoms with E-state index in [2.05, 4.69) is 10.2 Å². The Morgan fingerprint density at radius 1 is 1.16 bits per heavy atom. The summed E-state index contributed by atoms with van der Waals surface area (Å²) in [6.07, 6.45) is 3.85. The van der Waals surface area contributed by atoms with E-state index in [0.29, 0.717) is 12.1 Å². The van der Waals surface area contributed by atoms with E-state index in [0.717, 1.165) is 23.2 Å². The number of aromatic nitrogens is 3. The highest BCUT2D eigenvalue weighted by atomic mass is 19.1. The van der Waals surface area contributed by atoms with Crippen molar-refractivity contribution >= 4 is 5.91 Å². The van der Waals surface area contributed by atoms with Crippen LogP contribution in [0, 0.1) is 5.82 Å². The molecular weight excluding hydrogens is 319 g/mol. The Labute approximate surface area is 144 Å². The first-order valence-electron chi connectivity index (χ1n) is 8.18. The predicted octanol–water partition coefficient (Wildman–Crippen LogP) is 3.17. The number of amides is 1. The largest absolute Gasteiger partial charge is 0.331 e. The third-order valence-electron chi connectivity index (χ3n) is 4.74. The second kappa shape index (κ2) is 6.12. The van der Waals surface area contributed by atoms with Crippen molar-refractivity contribution in [1.82, 2.24) is 19.7 Å². The molecular formula is C19H17FN4O. The van der Waals surface area contributed by atoms with Crippen LogP contribution >= 0.6 is 0 Å². The third-order valence-corrected chi connectivity index (χ3v) is 4.74. The zero-order chi connectivity index (χ0) is 17.4. The molecule has 1 aliphatic rings. The highest BCUT2D eigenvalue weighted by Crippen LogP contribution is 2.31. The number of fused-ring (bicyclic) bond motifs is 1. The lowest BCUT2D eigenvalue weighted by molar-refractivity contribution is 0.0677. The quantitative estimate of drug-likeness (QED) is 0.722. The van der Waals surface area contributed by atoms with E-state index in [4.69, 9.17) is 0 Å². The maximum atomic E-state index is 13.6. The van der Waals surface area contributed by atoms with Crippen molar-refractivity contribution in [3.8, 4) is 5.69 Å². The monoisotopic (exact) mass is 336 g/mol. The maximum Gasteiger partial charge on any atom is 0.256 e. The highest BCUT2D eigenvalue weighted by Gasteiger charge is 2.29. The first-order valence-corrected chi connectivity index (χ1v) is 8.18. The molecule has 0 N–H and O–H groups in total. The van der Waals surface area contributed by atoms with Gasteiger partial charge in [0.25, 0.3) is 5.91 Å². The fourth-order valence-corrected chi connectivity index (χ4v) is 3.42. The van der Waals surface area contributed by atoms with E-state index in [1.54, 1.807) is 28.2 Å². The molecule has 2 heterocycles. The minimum atomic E-state index is -0.273. The highest BCUT2D eigenvalue weighted by molar-refractivity contribution is 5.98. The summed E-state index contributed by atoms with van der Waals surface area (Å²) < 4.78 is 15.4. The van der Waals surface area contributed by atoms with Gasteiger partial charge in [0, 0.05) is 6.54 Å². The molecule has 1 aromatic heterocycles. The molecule has 6 heteroatoms. The zero-order valence-electron chi connectivity index (χ0n) is 13.8. The molecule has 0 radical (unpaired) electrons. The minimum absolute atomic E-state index is 0.0771. The van der Waals surface area contributed by atoms with E-state index in [-0.39, 0.29) is 17.8 Å². The van der Waals surface area contributed by atoms with E-state index >= 15 is 0 Å². The van der Waals surface area contributed by atoms with E-state index < -0.39 is 0 Å². The van der Waals surface area contributed by atoms with Gasteiger partial charge in [0.05, 0.1) is 17.3 Å². The maximum absolute atomic E-state index is 13.6. The van der Waals surface area contributed by atoms with Crippen LogP contribution in [-0.4, -0.2) is 32.1 Å². The number of para-hydroxylation sites is 1. The van der Waals surface area contributed by atoms with Crippen molar-refractivity contribution in [1.29, 1.82) is 0 Å². The molecule has 0 saturated heterocycles. The topological polar surface area (TPSA) is 51.0 Å². The number of hydrogen-bond donors (Lipinski definition) is 0. The van der Waals surface area contributed by atoms with Gasteiger partial charge in [-0.3, -0.25) is 9.36 Å². The van der Waals surface area contributed by atoms with Gasteiger partial charge in [-0.1, -0.05) is 18.2 Å². The second-order valence-electron chi connectivity index (χ2n) is 6.15. The summed E-state index contributed by atoms with van der Waals surface area (Å²) in [5, 5.41) is 7.62. The Bertz CT molecular complexity index is 923. The summed E-state index contributed by atoms with van der Waals surface area (Å²) in [6, 6.07) is 12.0. The molecule has 5 nitrogen and oxygen atoms in total. The number of benzene rings is 2. The van der Waals surface area contributed by atoms with Crippen molar-refractivity contribution < 1.29 is 9.18 Å². The van der Waals surface area contributed by atoms with Crippen molar-refractivity contribution in [3.05, 3.63) is 77.6 Å². The minimum Gasteiger partial charge on any atom is -0.331 e. The number of rotatable bonds is 2. The van der Waals surface area contributed by atoms with Gasteiger partial charge in [0.1, 0.15) is 18.5 Å². The summed E-state index contributed by atoms with van der Waals surface area (Å²) in [7, 11) is 0. The van der Waals surface area contributed by atoms with Gasteiger partial charge >= 0.3 is 0 Å². The van der Waals surface area contributed by atoms with Gasteiger partial charge in [-0.05, 0) is 48.7 Å². The molecule has 3 aromatic rings. The van der Waals surface area contributed by atoms with Gasteiger partial charge < -0.3 is 4.90 Å². The number of carbonyl (C=O) groups excluding carboxylic acids is 1. The third kappa shape index (κ3) is 2.69. The fourth-order valence-electron chi connectivity index (χ4n) is 3.42. The molecule has 0 fully saturated rings. The Balaban J connectivity index is 1.71. The lowest BCUT2D eigenvalue weighted by Crippen LogP contribution is -2.39. The van der Waals surface area contributed by atoms with Crippen molar-refractivity contribution in [3.63, 3.8) is 0 Å². The molecule has 0 spiro atoms.